The third kappa shape index (κ3) is 3.76. The number of hydrazone groups is 1. The molecule has 2 aromatic carbocycles. The Morgan fingerprint density at radius 1 is 1.09 bits per heavy atom. The number of nitrogens with zero attached hydrogens (tertiary/aromatic N) is 4. The number of hydrogen-bond acceptors (Lipinski definition) is 4. The van der Waals surface area contributed by atoms with E-state index < -0.39 is 11.7 Å². The average molecular weight is 496 g/mol. The molecule has 0 atom stereocenters. The van der Waals surface area contributed by atoms with Crippen molar-refractivity contribution < 1.29 is 13.6 Å². The van der Waals surface area contributed by atoms with Gasteiger partial charge in [-0.25, -0.2) is 8.78 Å². The van der Waals surface area contributed by atoms with Gasteiger partial charge in [0.1, 0.15) is 16.7 Å². The third-order valence-electron chi connectivity index (χ3n) is 5.48. The number of thioether (sulfide) groups is 1. The van der Waals surface area contributed by atoms with Gasteiger partial charge in [-0.05, 0) is 85.8 Å². The number of halogens is 3. The zero-order valence-electron chi connectivity index (χ0n) is 17.9. The summed E-state index contributed by atoms with van der Waals surface area (Å²) in [7, 11) is 0. The molecule has 2 aliphatic heterocycles. The molecule has 0 radical (unpaired) electrons. The highest BCUT2D eigenvalue weighted by Gasteiger charge is 2.36. The molecule has 2 aliphatic rings. The van der Waals surface area contributed by atoms with Crippen LogP contribution >= 0.6 is 23.4 Å². The van der Waals surface area contributed by atoms with Crippen molar-refractivity contribution in [2.45, 2.75) is 13.8 Å². The maximum Gasteiger partial charge on any atom is 0.283 e. The Morgan fingerprint density at radius 2 is 1.82 bits per heavy atom. The molecule has 0 saturated carbocycles. The molecule has 0 unspecified atom stereocenters. The van der Waals surface area contributed by atoms with E-state index in [0.29, 0.717) is 21.9 Å². The van der Waals surface area contributed by atoms with Gasteiger partial charge in [0.15, 0.2) is 5.84 Å². The molecular weight excluding hydrogens is 480 g/mol. The van der Waals surface area contributed by atoms with Crippen LogP contribution in [-0.2, 0) is 4.79 Å². The van der Waals surface area contributed by atoms with E-state index >= 15 is 0 Å². The number of aliphatic imine (C=N–C) groups is 1. The lowest BCUT2D eigenvalue weighted by Gasteiger charge is -2.20. The van der Waals surface area contributed by atoms with Gasteiger partial charge in [0.2, 0.25) is 5.17 Å². The number of carbonyl (C=O) groups excluding carboxylic acids is 1. The SMILES string of the molecule is Cc1cc(C=C2C(=N)N3N=C(c4ccc(F)cc4)SC3=NC2=O)c(C)n1-c1ccc(F)c(Cl)c1. The number of hydrogen-bond donors (Lipinski definition) is 1. The minimum Gasteiger partial charge on any atom is -0.318 e. The van der Waals surface area contributed by atoms with Gasteiger partial charge in [0.25, 0.3) is 5.91 Å². The Kier molecular flexibility index (Phi) is 5.45. The normalized spacial score (nSPS) is 16.7. The zero-order valence-corrected chi connectivity index (χ0v) is 19.5. The van der Waals surface area contributed by atoms with Crippen molar-refractivity contribution in [1.82, 2.24) is 9.58 Å². The molecule has 3 aromatic rings. The van der Waals surface area contributed by atoms with Crippen LogP contribution in [0.1, 0.15) is 22.5 Å². The van der Waals surface area contributed by atoms with E-state index in [1.807, 2.05) is 24.5 Å². The molecule has 34 heavy (non-hydrogen) atoms. The highest BCUT2D eigenvalue weighted by Crippen LogP contribution is 2.32. The monoisotopic (exact) mass is 495 g/mol. The molecule has 6 nitrogen and oxygen atoms in total. The molecule has 1 amide bonds. The largest absolute Gasteiger partial charge is 0.318 e. The van der Waals surface area contributed by atoms with Gasteiger partial charge < -0.3 is 4.57 Å². The fourth-order valence-electron chi connectivity index (χ4n) is 3.81. The topological polar surface area (TPSA) is 73.8 Å². The first-order valence-electron chi connectivity index (χ1n) is 10.1. The lowest BCUT2D eigenvalue weighted by Crippen LogP contribution is -2.35. The maximum absolute atomic E-state index is 13.6. The Bertz CT molecular complexity index is 1470. The van der Waals surface area contributed by atoms with E-state index in [2.05, 4.69) is 10.1 Å². The van der Waals surface area contributed by atoms with Crippen LogP contribution in [0.15, 0.2) is 64.2 Å². The van der Waals surface area contributed by atoms with Crippen molar-refractivity contribution in [3.63, 3.8) is 0 Å². The summed E-state index contributed by atoms with van der Waals surface area (Å²) in [6, 6.07) is 12.1. The van der Waals surface area contributed by atoms with E-state index in [0.717, 1.165) is 23.1 Å². The highest BCUT2D eigenvalue weighted by molar-refractivity contribution is 8.27. The van der Waals surface area contributed by atoms with Gasteiger partial charge in [0, 0.05) is 22.6 Å². The number of carbonyl (C=O) groups is 1. The number of amides is 1. The van der Waals surface area contributed by atoms with Crippen LogP contribution in [0.5, 0.6) is 0 Å². The van der Waals surface area contributed by atoms with Gasteiger partial charge in [-0.3, -0.25) is 10.2 Å². The van der Waals surface area contributed by atoms with E-state index in [-0.39, 0.29) is 27.4 Å². The van der Waals surface area contributed by atoms with Gasteiger partial charge in [-0.1, -0.05) is 11.6 Å². The summed E-state index contributed by atoms with van der Waals surface area (Å²) in [4.78, 5) is 16.9. The Morgan fingerprint density at radius 3 is 2.53 bits per heavy atom. The molecule has 0 spiro atoms. The van der Waals surface area contributed by atoms with E-state index in [9.17, 15) is 13.6 Å². The average Bonchev–Trinajstić information content (AvgIpc) is 3.34. The third-order valence-corrected chi connectivity index (χ3v) is 6.72. The molecule has 0 saturated heterocycles. The smallest absolute Gasteiger partial charge is 0.283 e. The van der Waals surface area contributed by atoms with Crippen LogP contribution in [0.4, 0.5) is 8.78 Å². The number of rotatable bonds is 3. The van der Waals surface area contributed by atoms with Crippen molar-refractivity contribution in [1.29, 1.82) is 5.41 Å². The number of amidine groups is 2. The summed E-state index contributed by atoms with van der Waals surface area (Å²) >= 11 is 7.10. The highest BCUT2D eigenvalue weighted by atomic mass is 35.5. The molecule has 3 heterocycles. The Labute approximate surface area is 202 Å². The summed E-state index contributed by atoms with van der Waals surface area (Å²) in [5.74, 6) is -1.52. The van der Waals surface area contributed by atoms with Crippen molar-refractivity contribution in [2.24, 2.45) is 10.1 Å². The fraction of sp³-hybridized carbons (Fsp3) is 0.0833. The van der Waals surface area contributed by atoms with Gasteiger partial charge >= 0.3 is 0 Å². The second-order valence-electron chi connectivity index (χ2n) is 7.69. The van der Waals surface area contributed by atoms with Crippen LogP contribution in [0.25, 0.3) is 11.8 Å². The van der Waals surface area contributed by atoms with Crippen molar-refractivity contribution in [2.75, 3.05) is 0 Å². The summed E-state index contributed by atoms with van der Waals surface area (Å²) in [5, 5.41) is 15.1. The summed E-state index contributed by atoms with van der Waals surface area (Å²) in [6.07, 6.45) is 1.60. The quantitative estimate of drug-likeness (QED) is 0.474. The van der Waals surface area contributed by atoms with Crippen LogP contribution in [0.3, 0.4) is 0 Å². The van der Waals surface area contributed by atoms with Crippen molar-refractivity contribution in [3.05, 3.63) is 93.3 Å². The lowest BCUT2D eigenvalue weighted by atomic mass is 10.1. The lowest BCUT2D eigenvalue weighted by molar-refractivity contribution is -0.114. The molecular formula is C24H16ClF2N5OS. The predicted molar refractivity (Wildman–Crippen MR) is 131 cm³/mol. The number of aromatic nitrogens is 1. The number of fused-ring (bicyclic) bond motifs is 1. The van der Waals surface area contributed by atoms with Gasteiger partial charge in [0.05, 0.1) is 10.6 Å². The van der Waals surface area contributed by atoms with Crippen LogP contribution in [0, 0.1) is 30.9 Å². The molecule has 1 N–H and O–H groups in total. The first-order chi connectivity index (χ1) is 16.2. The molecule has 0 bridgehead atoms. The summed E-state index contributed by atoms with van der Waals surface area (Å²) in [5.41, 5.74) is 3.77. The Balaban J connectivity index is 1.51. The van der Waals surface area contributed by atoms with Crippen LogP contribution in [-0.4, -0.2) is 31.5 Å². The minimum atomic E-state index is -0.547. The first-order valence-corrected chi connectivity index (χ1v) is 11.3. The minimum absolute atomic E-state index is 0.0114. The molecule has 10 heteroatoms. The molecule has 170 valence electrons. The first kappa shape index (κ1) is 22.2. The Hall–Kier alpha value is -3.56. The molecule has 0 aliphatic carbocycles. The fourth-order valence-corrected chi connectivity index (χ4v) is 4.88. The maximum atomic E-state index is 13.6. The summed E-state index contributed by atoms with van der Waals surface area (Å²) < 4.78 is 28.8. The van der Waals surface area contributed by atoms with E-state index in [4.69, 9.17) is 17.0 Å². The molecule has 0 fully saturated rings. The van der Waals surface area contributed by atoms with Gasteiger partial charge in [-0.15, -0.1) is 0 Å². The van der Waals surface area contributed by atoms with E-state index in [1.165, 1.54) is 29.3 Å². The standard InChI is InChI=1S/C24H16ClF2N5OS/c1-12-9-15(13(2)31(12)17-7-8-20(27)19(25)11-17)10-18-21(28)32-24(29-22(18)33)34-23(30-32)14-3-5-16(26)6-4-14/h3-11,28H,1-2H3. The number of nitrogens with one attached hydrogen (secondary N) is 1. The number of aryl methyl sites for hydroxylation is 1. The van der Waals surface area contributed by atoms with Crippen LogP contribution < -0.4 is 0 Å². The van der Waals surface area contributed by atoms with Crippen molar-refractivity contribution in [3.8, 4) is 5.69 Å². The van der Waals surface area contributed by atoms with Crippen molar-refractivity contribution >= 4 is 51.4 Å². The molecule has 5 rings (SSSR count). The second-order valence-corrected chi connectivity index (χ2v) is 9.06. The number of benzene rings is 2. The van der Waals surface area contributed by atoms with E-state index in [1.54, 1.807) is 24.3 Å². The molecule has 1 aromatic heterocycles. The summed E-state index contributed by atoms with van der Waals surface area (Å²) in [6.45, 7) is 3.74. The van der Waals surface area contributed by atoms with Gasteiger partial charge in [-0.2, -0.15) is 15.1 Å². The zero-order chi connectivity index (χ0) is 24.1. The van der Waals surface area contributed by atoms with Crippen LogP contribution in [0.2, 0.25) is 5.02 Å². The second kappa shape index (κ2) is 8.34. The predicted octanol–water partition coefficient (Wildman–Crippen LogP) is 5.69.